The topological polar surface area (TPSA) is 36.7 Å². The number of rotatable bonds is 5. The summed E-state index contributed by atoms with van der Waals surface area (Å²) in [6.45, 7) is 3.89. The van der Waals surface area contributed by atoms with Crippen molar-refractivity contribution < 1.29 is 9.21 Å². The van der Waals surface area contributed by atoms with Gasteiger partial charge in [0.15, 0.2) is 0 Å². The number of fused-ring (bicyclic) bond motifs is 1. The minimum Gasteiger partial charge on any atom is -0.468 e. The molecule has 0 spiro atoms. The zero-order valence-electron chi connectivity index (χ0n) is 13.9. The molecule has 0 N–H and O–H groups in total. The molecule has 5 heteroatoms. The van der Waals surface area contributed by atoms with Crippen LogP contribution in [0, 0.1) is 5.92 Å². The third-order valence-electron chi connectivity index (χ3n) is 5.37. The van der Waals surface area contributed by atoms with E-state index in [0.717, 1.165) is 51.2 Å². The minimum absolute atomic E-state index is 0.354. The fraction of sp³-hybridized carbons (Fsp3) is 0.526. The van der Waals surface area contributed by atoms with Crippen LogP contribution in [0.3, 0.4) is 0 Å². The highest BCUT2D eigenvalue weighted by Crippen LogP contribution is 2.32. The molecule has 128 valence electrons. The number of piperidine rings is 2. The summed E-state index contributed by atoms with van der Waals surface area (Å²) in [4.78, 5) is 18.5. The van der Waals surface area contributed by atoms with Crippen LogP contribution in [0.5, 0.6) is 0 Å². The quantitative estimate of drug-likeness (QED) is 0.834. The standard InChI is InChI=1S/C19H24N2O2S/c22-19-6-5-15-13-20(14-16-3-1-11-23-16)9-8-18(15)21(19)10-7-17-4-2-12-24-17/h1-4,11-12,15,18H,5-10,13-14H2/t15-,18+/m1/s1. The van der Waals surface area contributed by atoms with Crippen molar-refractivity contribution in [1.29, 1.82) is 0 Å². The molecule has 0 bridgehead atoms. The Morgan fingerprint density at radius 3 is 3.00 bits per heavy atom. The predicted octanol–water partition coefficient (Wildman–Crippen LogP) is 3.40. The van der Waals surface area contributed by atoms with Gasteiger partial charge in [0.1, 0.15) is 5.76 Å². The van der Waals surface area contributed by atoms with Crippen molar-refractivity contribution in [2.24, 2.45) is 5.92 Å². The van der Waals surface area contributed by atoms with Gasteiger partial charge in [0.2, 0.25) is 5.91 Å². The molecule has 2 atom stereocenters. The number of carbonyl (C=O) groups is 1. The molecule has 2 saturated heterocycles. The van der Waals surface area contributed by atoms with E-state index in [1.807, 2.05) is 12.1 Å². The van der Waals surface area contributed by atoms with E-state index in [1.54, 1.807) is 17.6 Å². The van der Waals surface area contributed by atoms with E-state index < -0.39 is 0 Å². The van der Waals surface area contributed by atoms with Gasteiger partial charge >= 0.3 is 0 Å². The summed E-state index contributed by atoms with van der Waals surface area (Å²) in [5, 5.41) is 2.11. The largest absolute Gasteiger partial charge is 0.468 e. The van der Waals surface area contributed by atoms with E-state index in [-0.39, 0.29) is 0 Å². The van der Waals surface area contributed by atoms with Crippen LogP contribution in [0.1, 0.15) is 29.9 Å². The third-order valence-corrected chi connectivity index (χ3v) is 6.30. The fourth-order valence-corrected chi connectivity index (χ4v) is 4.87. The van der Waals surface area contributed by atoms with Crippen molar-refractivity contribution in [2.45, 2.75) is 38.3 Å². The molecule has 2 aliphatic heterocycles. The lowest BCUT2D eigenvalue weighted by atomic mass is 9.83. The van der Waals surface area contributed by atoms with Crippen LogP contribution in [0.4, 0.5) is 0 Å². The van der Waals surface area contributed by atoms with Gasteiger partial charge < -0.3 is 9.32 Å². The lowest BCUT2D eigenvalue weighted by Gasteiger charge is -2.47. The summed E-state index contributed by atoms with van der Waals surface area (Å²) in [7, 11) is 0. The van der Waals surface area contributed by atoms with Gasteiger partial charge in [-0.2, -0.15) is 0 Å². The van der Waals surface area contributed by atoms with Gasteiger partial charge in [-0.3, -0.25) is 9.69 Å². The molecule has 2 aromatic heterocycles. The molecular formula is C19H24N2O2S. The smallest absolute Gasteiger partial charge is 0.222 e. The van der Waals surface area contributed by atoms with E-state index >= 15 is 0 Å². The number of hydrogen-bond acceptors (Lipinski definition) is 4. The normalized spacial score (nSPS) is 25.0. The maximum absolute atomic E-state index is 12.4. The van der Waals surface area contributed by atoms with E-state index in [0.29, 0.717) is 24.3 Å². The highest BCUT2D eigenvalue weighted by molar-refractivity contribution is 7.09. The summed E-state index contributed by atoms with van der Waals surface area (Å²) in [6.07, 6.45) is 5.56. The first kappa shape index (κ1) is 15.9. The number of thiophene rings is 1. The zero-order chi connectivity index (χ0) is 16.4. The van der Waals surface area contributed by atoms with Crippen molar-refractivity contribution in [2.75, 3.05) is 19.6 Å². The Bertz CT molecular complexity index is 653. The van der Waals surface area contributed by atoms with E-state index in [9.17, 15) is 4.79 Å². The Balaban J connectivity index is 1.37. The first-order chi connectivity index (χ1) is 11.8. The molecule has 4 rings (SSSR count). The highest BCUT2D eigenvalue weighted by Gasteiger charge is 2.39. The Labute approximate surface area is 147 Å². The second kappa shape index (κ2) is 7.11. The van der Waals surface area contributed by atoms with E-state index in [4.69, 9.17) is 4.42 Å². The molecule has 0 aliphatic carbocycles. The predicted molar refractivity (Wildman–Crippen MR) is 94.9 cm³/mol. The Kier molecular flexibility index (Phi) is 4.72. The maximum Gasteiger partial charge on any atom is 0.222 e. The van der Waals surface area contributed by atoms with Gasteiger partial charge in [0.25, 0.3) is 0 Å². The molecule has 4 heterocycles. The van der Waals surface area contributed by atoms with Crippen molar-refractivity contribution in [3.63, 3.8) is 0 Å². The first-order valence-electron chi connectivity index (χ1n) is 8.86. The van der Waals surface area contributed by atoms with Crippen molar-refractivity contribution in [3.8, 4) is 0 Å². The molecule has 2 aromatic rings. The zero-order valence-corrected chi connectivity index (χ0v) is 14.7. The number of amides is 1. The van der Waals surface area contributed by atoms with Gasteiger partial charge in [-0.25, -0.2) is 0 Å². The number of nitrogens with zero attached hydrogens (tertiary/aromatic N) is 2. The molecule has 24 heavy (non-hydrogen) atoms. The van der Waals surface area contributed by atoms with Crippen molar-refractivity contribution >= 4 is 17.2 Å². The van der Waals surface area contributed by atoms with Crippen LogP contribution in [-0.4, -0.2) is 41.4 Å². The molecule has 2 aliphatic rings. The average molecular weight is 344 g/mol. The van der Waals surface area contributed by atoms with Gasteiger partial charge in [-0.15, -0.1) is 11.3 Å². The van der Waals surface area contributed by atoms with Crippen molar-refractivity contribution in [1.82, 2.24) is 9.80 Å². The minimum atomic E-state index is 0.354. The second-order valence-electron chi connectivity index (χ2n) is 6.89. The SMILES string of the molecule is O=C1CC[C@@H]2CN(Cc3ccco3)CC[C@@H]2N1CCc1cccs1. The molecule has 1 amide bonds. The summed E-state index contributed by atoms with van der Waals surface area (Å²) in [5.41, 5.74) is 0. The molecule has 2 fully saturated rings. The van der Waals surface area contributed by atoms with Crippen LogP contribution >= 0.6 is 11.3 Å². The monoisotopic (exact) mass is 344 g/mol. The lowest BCUT2D eigenvalue weighted by molar-refractivity contribution is -0.141. The third kappa shape index (κ3) is 3.42. The lowest BCUT2D eigenvalue weighted by Crippen LogP contribution is -2.56. The molecular weight excluding hydrogens is 320 g/mol. The van der Waals surface area contributed by atoms with Gasteiger partial charge in [-0.1, -0.05) is 6.07 Å². The van der Waals surface area contributed by atoms with Crippen molar-refractivity contribution in [3.05, 3.63) is 46.5 Å². The summed E-state index contributed by atoms with van der Waals surface area (Å²) >= 11 is 1.79. The fourth-order valence-electron chi connectivity index (χ4n) is 4.17. The van der Waals surface area contributed by atoms with Crippen LogP contribution in [-0.2, 0) is 17.8 Å². The van der Waals surface area contributed by atoms with Gasteiger partial charge in [0, 0.05) is 37.0 Å². The molecule has 0 aromatic carbocycles. The Hall–Kier alpha value is -1.59. The highest BCUT2D eigenvalue weighted by atomic mass is 32.1. The summed E-state index contributed by atoms with van der Waals surface area (Å²) in [5.74, 6) is 2.00. The molecule has 0 unspecified atom stereocenters. The molecule has 0 saturated carbocycles. The van der Waals surface area contributed by atoms with Gasteiger partial charge in [-0.05, 0) is 48.8 Å². The Morgan fingerprint density at radius 1 is 1.25 bits per heavy atom. The van der Waals surface area contributed by atoms with Crippen LogP contribution in [0.15, 0.2) is 40.3 Å². The summed E-state index contributed by atoms with van der Waals surface area (Å²) in [6, 6.07) is 8.69. The second-order valence-corrected chi connectivity index (χ2v) is 7.92. The number of hydrogen-bond donors (Lipinski definition) is 0. The summed E-state index contributed by atoms with van der Waals surface area (Å²) < 4.78 is 5.49. The number of furan rings is 1. The number of likely N-dealkylation sites (tertiary alicyclic amines) is 2. The van der Waals surface area contributed by atoms with Gasteiger partial charge in [0.05, 0.1) is 12.8 Å². The Morgan fingerprint density at radius 2 is 2.21 bits per heavy atom. The van der Waals surface area contributed by atoms with E-state index in [1.165, 1.54) is 4.88 Å². The molecule has 0 radical (unpaired) electrons. The number of carbonyl (C=O) groups excluding carboxylic acids is 1. The van der Waals surface area contributed by atoms with E-state index in [2.05, 4.69) is 27.3 Å². The first-order valence-corrected chi connectivity index (χ1v) is 9.74. The van der Waals surface area contributed by atoms with Crippen LogP contribution < -0.4 is 0 Å². The maximum atomic E-state index is 12.4. The molecule has 4 nitrogen and oxygen atoms in total. The van der Waals surface area contributed by atoms with Crippen LogP contribution in [0.25, 0.3) is 0 Å². The van der Waals surface area contributed by atoms with Crippen LogP contribution in [0.2, 0.25) is 0 Å². The average Bonchev–Trinajstić information content (AvgIpc) is 3.28.